The molecule has 0 aliphatic heterocycles. The van der Waals surface area contributed by atoms with Gasteiger partial charge in [-0.25, -0.2) is 0 Å². The largest absolute Gasteiger partial charge is 0.382 e. The molecule has 1 aliphatic rings. The molecule has 3 N–H and O–H groups in total. The average Bonchev–Trinajstić information content (AvgIpc) is 2.64. The molecule has 4 heteroatoms. The van der Waals surface area contributed by atoms with Gasteiger partial charge in [0.15, 0.2) is 0 Å². The maximum absolute atomic E-state index is 11.5. The Kier molecular flexibility index (Phi) is 3.17. The van der Waals surface area contributed by atoms with E-state index >= 15 is 0 Å². The predicted molar refractivity (Wildman–Crippen MR) is 54.9 cm³/mol. The van der Waals surface area contributed by atoms with Gasteiger partial charge in [-0.1, -0.05) is 0 Å². The molecule has 4 nitrogen and oxygen atoms in total. The maximum atomic E-state index is 11.5. The third-order valence-electron chi connectivity index (χ3n) is 2.29. The van der Waals surface area contributed by atoms with E-state index in [4.69, 9.17) is 10.5 Å². The zero-order valence-electron chi connectivity index (χ0n) is 9.22. The lowest BCUT2D eigenvalue weighted by molar-refractivity contribution is -0.123. The second-order valence-electron chi connectivity index (χ2n) is 4.93. The Morgan fingerprint density at radius 2 is 2.14 bits per heavy atom. The van der Waals surface area contributed by atoms with Crippen molar-refractivity contribution >= 4 is 5.91 Å². The van der Waals surface area contributed by atoms with E-state index in [1.165, 1.54) is 0 Å². The first kappa shape index (κ1) is 11.5. The van der Waals surface area contributed by atoms with Crippen LogP contribution in [-0.2, 0) is 9.53 Å². The Bertz CT molecular complexity index is 217. The molecule has 0 aromatic heterocycles. The highest BCUT2D eigenvalue weighted by molar-refractivity contribution is 5.78. The van der Waals surface area contributed by atoms with E-state index in [1.807, 2.05) is 13.8 Å². The van der Waals surface area contributed by atoms with Crippen molar-refractivity contribution in [2.75, 3.05) is 13.7 Å². The molecule has 0 spiro atoms. The van der Waals surface area contributed by atoms with Crippen molar-refractivity contribution in [1.82, 2.24) is 5.32 Å². The third-order valence-corrected chi connectivity index (χ3v) is 2.29. The zero-order valence-corrected chi connectivity index (χ0v) is 9.22. The van der Waals surface area contributed by atoms with Crippen LogP contribution in [0.15, 0.2) is 0 Å². The molecule has 1 saturated carbocycles. The molecule has 1 amide bonds. The smallest absolute Gasteiger partial charge is 0.222 e. The van der Waals surface area contributed by atoms with Gasteiger partial charge in [0, 0.05) is 19.1 Å². The van der Waals surface area contributed by atoms with Crippen LogP contribution in [0, 0.1) is 0 Å². The predicted octanol–water partition coefficient (Wildman–Crippen LogP) is 0.409. The molecule has 0 aromatic carbocycles. The van der Waals surface area contributed by atoms with E-state index in [2.05, 4.69) is 5.32 Å². The first-order valence-corrected chi connectivity index (χ1v) is 4.96. The number of hydrogen-bond donors (Lipinski definition) is 2. The van der Waals surface area contributed by atoms with Gasteiger partial charge in [0.1, 0.15) is 0 Å². The van der Waals surface area contributed by atoms with Gasteiger partial charge >= 0.3 is 0 Å². The van der Waals surface area contributed by atoms with Crippen molar-refractivity contribution in [3.63, 3.8) is 0 Å². The summed E-state index contributed by atoms with van der Waals surface area (Å²) in [5, 5.41) is 2.98. The summed E-state index contributed by atoms with van der Waals surface area (Å²) >= 11 is 0. The van der Waals surface area contributed by atoms with Gasteiger partial charge in [-0.3, -0.25) is 4.79 Å². The van der Waals surface area contributed by atoms with Gasteiger partial charge < -0.3 is 15.8 Å². The summed E-state index contributed by atoms with van der Waals surface area (Å²) in [6.45, 7) is 4.30. The number of carbonyl (C=O) groups excluding carboxylic acids is 1. The lowest BCUT2D eigenvalue weighted by atomic mass is 10.0. The Hall–Kier alpha value is -0.610. The molecule has 82 valence electrons. The van der Waals surface area contributed by atoms with Gasteiger partial charge in [-0.2, -0.15) is 0 Å². The molecule has 0 heterocycles. The van der Waals surface area contributed by atoms with Gasteiger partial charge in [0.2, 0.25) is 5.91 Å². The number of carbonyl (C=O) groups is 1. The van der Waals surface area contributed by atoms with Crippen LogP contribution < -0.4 is 11.1 Å². The van der Waals surface area contributed by atoms with E-state index in [-0.39, 0.29) is 11.4 Å². The van der Waals surface area contributed by atoms with Crippen LogP contribution in [0.25, 0.3) is 0 Å². The van der Waals surface area contributed by atoms with Gasteiger partial charge in [0.25, 0.3) is 0 Å². The van der Waals surface area contributed by atoms with Crippen LogP contribution in [0.4, 0.5) is 0 Å². The first-order chi connectivity index (χ1) is 6.37. The highest BCUT2D eigenvalue weighted by Crippen LogP contribution is 2.35. The van der Waals surface area contributed by atoms with Gasteiger partial charge in [-0.15, -0.1) is 0 Å². The van der Waals surface area contributed by atoms with E-state index in [1.54, 1.807) is 7.11 Å². The quantitative estimate of drug-likeness (QED) is 0.675. The molecule has 0 atom stereocenters. The molecule has 0 saturated heterocycles. The number of ether oxygens (including phenoxy) is 1. The summed E-state index contributed by atoms with van der Waals surface area (Å²) in [4.78, 5) is 11.5. The van der Waals surface area contributed by atoms with Crippen molar-refractivity contribution < 1.29 is 9.53 Å². The SMILES string of the molecule is COCC1(NC(=O)CC(C)(C)N)CC1. The summed E-state index contributed by atoms with van der Waals surface area (Å²) in [7, 11) is 1.65. The number of nitrogens with one attached hydrogen (secondary N) is 1. The molecule has 1 aliphatic carbocycles. The Morgan fingerprint density at radius 1 is 1.57 bits per heavy atom. The van der Waals surface area contributed by atoms with Crippen molar-refractivity contribution in [1.29, 1.82) is 0 Å². The molecule has 0 radical (unpaired) electrons. The second kappa shape index (κ2) is 3.87. The van der Waals surface area contributed by atoms with Crippen LogP contribution in [0.2, 0.25) is 0 Å². The molecule has 0 aromatic rings. The first-order valence-electron chi connectivity index (χ1n) is 4.96. The lowest BCUT2D eigenvalue weighted by Gasteiger charge is -2.21. The zero-order chi connectivity index (χ0) is 10.8. The highest BCUT2D eigenvalue weighted by Gasteiger charge is 2.44. The monoisotopic (exact) mass is 200 g/mol. The topological polar surface area (TPSA) is 64.3 Å². The molecular formula is C10H20N2O2. The number of methoxy groups -OCH3 is 1. The minimum Gasteiger partial charge on any atom is -0.382 e. The normalized spacial score (nSPS) is 19.1. The number of hydrogen-bond acceptors (Lipinski definition) is 3. The summed E-state index contributed by atoms with van der Waals surface area (Å²) < 4.78 is 5.05. The number of amides is 1. The van der Waals surface area contributed by atoms with Crippen molar-refractivity contribution in [2.45, 2.75) is 44.2 Å². The van der Waals surface area contributed by atoms with E-state index in [9.17, 15) is 4.79 Å². The number of nitrogens with two attached hydrogens (primary N) is 1. The lowest BCUT2D eigenvalue weighted by Crippen LogP contribution is -2.45. The van der Waals surface area contributed by atoms with Crippen LogP contribution in [0.1, 0.15) is 33.1 Å². The van der Waals surface area contributed by atoms with E-state index in [0.29, 0.717) is 13.0 Å². The standard InChI is InChI=1S/C10H20N2O2/c1-9(2,11)6-8(13)12-10(4-5-10)7-14-3/h4-7,11H2,1-3H3,(H,12,13). The van der Waals surface area contributed by atoms with Gasteiger partial charge in [-0.05, 0) is 26.7 Å². The van der Waals surface area contributed by atoms with Crippen LogP contribution >= 0.6 is 0 Å². The van der Waals surface area contributed by atoms with Crippen LogP contribution in [0.3, 0.4) is 0 Å². The summed E-state index contributed by atoms with van der Waals surface area (Å²) in [5.41, 5.74) is 5.23. The Labute approximate surface area is 85.2 Å². The van der Waals surface area contributed by atoms with Crippen molar-refractivity contribution in [3.8, 4) is 0 Å². The fourth-order valence-electron chi connectivity index (χ4n) is 1.49. The van der Waals surface area contributed by atoms with Crippen molar-refractivity contribution in [3.05, 3.63) is 0 Å². The Morgan fingerprint density at radius 3 is 2.50 bits per heavy atom. The maximum Gasteiger partial charge on any atom is 0.222 e. The van der Waals surface area contributed by atoms with E-state index < -0.39 is 5.54 Å². The fourth-order valence-corrected chi connectivity index (χ4v) is 1.49. The van der Waals surface area contributed by atoms with E-state index in [0.717, 1.165) is 12.8 Å². The molecular weight excluding hydrogens is 180 g/mol. The highest BCUT2D eigenvalue weighted by atomic mass is 16.5. The van der Waals surface area contributed by atoms with Crippen LogP contribution in [0.5, 0.6) is 0 Å². The average molecular weight is 200 g/mol. The summed E-state index contributed by atoms with van der Waals surface area (Å²) in [6, 6.07) is 0. The fraction of sp³-hybridized carbons (Fsp3) is 0.900. The summed E-state index contributed by atoms with van der Waals surface area (Å²) in [5.74, 6) is 0.0204. The van der Waals surface area contributed by atoms with Crippen LogP contribution in [-0.4, -0.2) is 30.7 Å². The number of rotatable bonds is 5. The summed E-state index contributed by atoms with van der Waals surface area (Å²) in [6.07, 6.45) is 2.38. The second-order valence-corrected chi connectivity index (χ2v) is 4.93. The third kappa shape index (κ3) is 3.64. The molecule has 1 rings (SSSR count). The molecule has 0 unspecified atom stereocenters. The van der Waals surface area contributed by atoms with Crippen molar-refractivity contribution in [2.24, 2.45) is 5.73 Å². The molecule has 1 fully saturated rings. The minimum absolute atomic E-state index is 0.0204. The molecule has 0 bridgehead atoms. The Balaban J connectivity index is 2.34. The van der Waals surface area contributed by atoms with Gasteiger partial charge in [0.05, 0.1) is 12.1 Å². The molecule has 14 heavy (non-hydrogen) atoms. The minimum atomic E-state index is -0.437.